The van der Waals surface area contributed by atoms with Gasteiger partial charge in [0.05, 0.1) is 28.1 Å². The number of aryl methyl sites for hydroxylation is 5. The summed E-state index contributed by atoms with van der Waals surface area (Å²) in [4.78, 5) is 17.1. The van der Waals surface area contributed by atoms with Crippen molar-refractivity contribution in [3.05, 3.63) is 59.4 Å². The molecule has 0 N–H and O–H groups in total. The molecule has 1 fully saturated rings. The Morgan fingerprint density at radius 2 is 1.59 bits per heavy atom. The van der Waals surface area contributed by atoms with Gasteiger partial charge in [-0.15, -0.1) is 0 Å². The number of fused-ring (bicyclic) bond motifs is 3. The van der Waals surface area contributed by atoms with Crippen LogP contribution in [0.15, 0.2) is 36.4 Å². The Morgan fingerprint density at radius 1 is 0.862 bits per heavy atom. The first-order chi connectivity index (χ1) is 14.1. The largest absolute Gasteiger partial charge is 0.369 e. The van der Waals surface area contributed by atoms with Crippen LogP contribution >= 0.6 is 0 Å². The second kappa shape index (κ2) is 7.14. The molecule has 0 aliphatic carbocycles. The van der Waals surface area contributed by atoms with Crippen molar-refractivity contribution >= 4 is 27.5 Å². The van der Waals surface area contributed by atoms with Gasteiger partial charge in [0.2, 0.25) is 0 Å². The average Bonchev–Trinajstić information content (AvgIpc) is 3.34. The normalized spacial score (nSPS) is 14.4. The first kappa shape index (κ1) is 18.1. The number of benzene rings is 2. The van der Waals surface area contributed by atoms with Gasteiger partial charge >= 0.3 is 0 Å². The zero-order chi connectivity index (χ0) is 20.0. The average molecular weight is 386 g/mol. The van der Waals surface area contributed by atoms with Gasteiger partial charge in [-0.1, -0.05) is 30.3 Å². The molecule has 1 aliphatic rings. The molecule has 0 saturated carbocycles. The van der Waals surface area contributed by atoms with E-state index in [1.807, 2.05) is 0 Å². The Hall–Kier alpha value is -2.95. The van der Waals surface area contributed by atoms with Crippen molar-refractivity contribution < 1.29 is 0 Å². The predicted octanol–water partition coefficient (Wildman–Crippen LogP) is 4.52. The molecule has 0 radical (unpaired) electrons. The summed E-state index contributed by atoms with van der Waals surface area (Å²) in [5.41, 5.74) is 5.70. The van der Waals surface area contributed by atoms with E-state index in [0.29, 0.717) is 0 Å². The van der Waals surface area contributed by atoms with Crippen molar-refractivity contribution in [2.45, 2.75) is 39.5 Å². The summed E-state index contributed by atoms with van der Waals surface area (Å²) in [6.07, 6.45) is 4.17. The molecule has 4 aromatic rings. The molecule has 148 valence electrons. The SMILES string of the molecule is Cc1nc(CCc2nc3c4ccccc4ccc3n2C)nc(C)c1N1CCCC1. The highest BCUT2D eigenvalue weighted by atomic mass is 15.2. The van der Waals surface area contributed by atoms with E-state index < -0.39 is 0 Å². The summed E-state index contributed by atoms with van der Waals surface area (Å²) in [5.74, 6) is 2.00. The molecule has 29 heavy (non-hydrogen) atoms. The summed E-state index contributed by atoms with van der Waals surface area (Å²) in [7, 11) is 2.10. The maximum absolute atomic E-state index is 4.98. The molecule has 5 rings (SSSR count). The minimum Gasteiger partial charge on any atom is -0.369 e. The molecular weight excluding hydrogens is 358 g/mol. The van der Waals surface area contributed by atoms with E-state index in [0.717, 1.165) is 54.5 Å². The van der Waals surface area contributed by atoms with Gasteiger partial charge in [0.25, 0.3) is 0 Å². The molecule has 0 spiro atoms. The quantitative estimate of drug-likeness (QED) is 0.518. The number of aromatic nitrogens is 4. The Bertz CT molecular complexity index is 1180. The van der Waals surface area contributed by atoms with E-state index in [4.69, 9.17) is 15.0 Å². The van der Waals surface area contributed by atoms with Gasteiger partial charge in [0.15, 0.2) is 0 Å². The minimum atomic E-state index is 0.803. The summed E-state index contributed by atoms with van der Waals surface area (Å²) in [5, 5.41) is 2.45. The summed E-state index contributed by atoms with van der Waals surface area (Å²) in [6.45, 7) is 6.48. The van der Waals surface area contributed by atoms with Crippen LogP contribution in [0.2, 0.25) is 0 Å². The predicted molar refractivity (Wildman–Crippen MR) is 119 cm³/mol. The van der Waals surface area contributed by atoms with Crippen molar-refractivity contribution in [1.29, 1.82) is 0 Å². The van der Waals surface area contributed by atoms with E-state index in [-0.39, 0.29) is 0 Å². The number of rotatable bonds is 4. The Labute approximate surface area is 171 Å². The van der Waals surface area contributed by atoms with Crippen LogP contribution in [-0.2, 0) is 19.9 Å². The lowest BCUT2D eigenvalue weighted by atomic mass is 10.1. The first-order valence-electron chi connectivity index (χ1n) is 10.5. The maximum atomic E-state index is 4.98. The third-order valence-electron chi connectivity index (χ3n) is 6.14. The lowest BCUT2D eigenvalue weighted by Crippen LogP contribution is -2.21. The Morgan fingerprint density at radius 3 is 2.34 bits per heavy atom. The van der Waals surface area contributed by atoms with Crippen LogP contribution in [0.25, 0.3) is 21.8 Å². The van der Waals surface area contributed by atoms with Gasteiger partial charge in [0.1, 0.15) is 11.6 Å². The number of hydrogen-bond acceptors (Lipinski definition) is 4. The van der Waals surface area contributed by atoms with Crippen molar-refractivity contribution in [2.75, 3.05) is 18.0 Å². The van der Waals surface area contributed by atoms with E-state index >= 15 is 0 Å². The third-order valence-corrected chi connectivity index (χ3v) is 6.14. The van der Waals surface area contributed by atoms with Crippen molar-refractivity contribution in [3.63, 3.8) is 0 Å². The fraction of sp³-hybridized carbons (Fsp3) is 0.375. The molecule has 5 heteroatoms. The topological polar surface area (TPSA) is 46.8 Å². The molecule has 3 heterocycles. The fourth-order valence-electron chi connectivity index (χ4n) is 4.71. The molecule has 0 bridgehead atoms. The second-order valence-corrected chi connectivity index (χ2v) is 8.09. The van der Waals surface area contributed by atoms with Gasteiger partial charge < -0.3 is 9.47 Å². The van der Waals surface area contributed by atoms with Gasteiger partial charge in [-0.25, -0.2) is 15.0 Å². The van der Waals surface area contributed by atoms with Crippen LogP contribution in [0.3, 0.4) is 0 Å². The van der Waals surface area contributed by atoms with Crippen LogP contribution in [-0.4, -0.2) is 32.6 Å². The lowest BCUT2D eigenvalue weighted by Gasteiger charge is -2.21. The highest BCUT2D eigenvalue weighted by molar-refractivity contribution is 6.04. The standard InChI is InChI=1S/C24H27N5/c1-16-24(29-14-6-7-15-29)17(2)26-21(25-16)12-13-22-27-23-19-9-5-4-8-18(19)10-11-20(23)28(22)3/h4-5,8-11H,6-7,12-15H2,1-3H3. The van der Waals surface area contributed by atoms with E-state index in [1.165, 1.54) is 34.8 Å². The van der Waals surface area contributed by atoms with Crippen LogP contribution < -0.4 is 4.90 Å². The smallest absolute Gasteiger partial charge is 0.129 e. The van der Waals surface area contributed by atoms with Gasteiger partial charge in [-0.3, -0.25) is 0 Å². The highest BCUT2D eigenvalue weighted by Crippen LogP contribution is 2.27. The summed E-state index contributed by atoms with van der Waals surface area (Å²) >= 11 is 0. The Kier molecular flexibility index (Phi) is 4.46. The molecule has 5 nitrogen and oxygen atoms in total. The van der Waals surface area contributed by atoms with E-state index in [9.17, 15) is 0 Å². The molecule has 0 amide bonds. The molecule has 0 atom stereocenters. The second-order valence-electron chi connectivity index (χ2n) is 8.09. The number of anilines is 1. The minimum absolute atomic E-state index is 0.803. The zero-order valence-corrected chi connectivity index (χ0v) is 17.4. The first-order valence-corrected chi connectivity index (χ1v) is 10.5. The molecular formula is C24H27N5. The fourth-order valence-corrected chi connectivity index (χ4v) is 4.71. The third kappa shape index (κ3) is 3.15. The van der Waals surface area contributed by atoms with Gasteiger partial charge in [-0.2, -0.15) is 0 Å². The molecule has 1 saturated heterocycles. The number of hydrogen-bond donors (Lipinski definition) is 0. The molecule has 1 aliphatic heterocycles. The van der Waals surface area contributed by atoms with Crippen LogP contribution in [0.4, 0.5) is 5.69 Å². The molecule has 0 unspecified atom stereocenters. The monoisotopic (exact) mass is 385 g/mol. The van der Waals surface area contributed by atoms with Crippen LogP contribution in [0.5, 0.6) is 0 Å². The maximum Gasteiger partial charge on any atom is 0.129 e. The van der Waals surface area contributed by atoms with Gasteiger partial charge in [-0.05, 0) is 38.1 Å². The number of imidazole rings is 1. The lowest BCUT2D eigenvalue weighted by molar-refractivity contribution is 0.749. The highest BCUT2D eigenvalue weighted by Gasteiger charge is 2.19. The van der Waals surface area contributed by atoms with Gasteiger partial charge in [0, 0.05) is 38.4 Å². The van der Waals surface area contributed by atoms with Crippen molar-refractivity contribution in [2.24, 2.45) is 7.05 Å². The van der Waals surface area contributed by atoms with Crippen LogP contribution in [0, 0.1) is 13.8 Å². The van der Waals surface area contributed by atoms with Crippen molar-refractivity contribution in [3.8, 4) is 0 Å². The molecule has 2 aromatic heterocycles. The summed E-state index contributed by atoms with van der Waals surface area (Å²) < 4.78 is 2.21. The van der Waals surface area contributed by atoms with E-state index in [2.05, 4.69) is 66.8 Å². The van der Waals surface area contributed by atoms with E-state index in [1.54, 1.807) is 0 Å². The van der Waals surface area contributed by atoms with Crippen molar-refractivity contribution in [1.82, 2.24) is 19.5 Å². The van der Waals surface area contributed by atoms with Crippen LogP contribution in [0.1, 0.15) is 35.9 Å². The Balaban J connectivity index is 1.43. The number of nitrogens with zero attached hydrogens (tertiary/aromatic N) is 5. The summed E-state index contributed by atoms with van der Waals surface area (Å²) in [6, 6.07) is 12.8. The molecule has 2 aromatic carbocycles. The zero-order valence-electron chi connectivity index (χ0n) is 17.4.